The lowest BCUT2D eigenvalue weighted by atomic mass is 10.2. The molecule has 0 amide bonds. The Morgan fingerprint density at radius 1 is 0.935 bits per heavy atom. The molecule has 1 aromatic heterocycles. The molecule has 166 valence electrons. The van der Waals surface area contributed by atoms with Gasteiger partial charge in [0.25, 0.3) is 0 Å². The number of halogens is 1. The van der Waals surface area contributed by atoms with E-state index in [0.717, 1.165) is 20.2 Å². The number of rotatable bonds is 13. The van der Waals surface area contributed by atoms with Crippen LogP contribution in [0.3, 0.4) is 0 Å². The van der Waals surface area contributed by atoms with Crippen molar-refractivity contribution in [2.45, 2.75) is 6.92 Å². The second-order valence-electron chi connectivity index (χ2n) is 6.53. The van der Waals surface area contributed by atoms with Crippen molar-refractivity contribution in [1.29, 1.82) is 0 Å². The lowest BCUT2D eigenvalue weighted by Crippen LogP contribution is -2.13. The van der Waals surface area contributed by atoms with Gasteiger partial charge in [-0.1, -0.05) is 6.07 Å². The molecule has 0 aliphatic rings. The van der Waals surface area contributed by atoms with Crippen LogP contribution in [-0.4, -0.2) is 56.2 Å². The number of fused-ring (bicyclic) bond motifs is 1. The molecule has 0 saturated carbocycles. The molecule has 0 saturated heterocycles. The number of anilines is 3. The number of hydrogen-bond acceptors (Lipinski definition) is 8. The Hall–Kier alpha value is -2.21. The summed E-state index contributed by atoms with van der Waals surface area (Å²) in [6, 6.07) is 11.7. The molecule has 0 unspecified atom stereocenters. The standard InChI is InChI=1S/C22H27IN4O4/c1-2-28-6-7-29-8-9-30-10-11-31-21-14-20-18(13-19(21)24)22(26-15-25-20)27-17-5-3-4-16(23)12-17/h3-5,12-15H,2,6-11,24H2,1H3,(H,25,26,27). The van der Waals surface area contributed by atoms with E-state index in [2.05, 4.69) is 37.9 Å². The number of hydrogen-bond donors (Lipinski definition) is 2. The Morgan fingerprint density at radius 2 is 1.68 bits per heavy atom. The molecule has 0 radical (unpaired) electrons. The van der Waals surface area contributed by atoms with Gasteiger partial charge in [-0.25, -0.2) is 9.97 Å². The number of nitrogens with one attached hydrogen (secondary N) is 1. The smallest absolute Gasteiger partial charge is 0.144 e. The van der Waals surface area contributed by atoms with Crippen LogP contribution in [-0.2, 0) is 14.2 Å². The molecule has 3 N–H and O–H groups in total. The van der Waals surface area contributed by atoms with E-state index in [1.54, 1.807) is 0 Å². The van der Waals surface area contributed by atoms with Crippen LogP contribution in [0, 0.1) is 3.57 Å². The van der Waals surface area contributed by atoms with Gasteiger partial charge in [-0.05, 0) is 53.8 Å². The number of nitrogen functional groups attached to an aromatic ring is 1. The van der Waals surface area contributed by atoms with E-state index >= 15 is 0 Å². The molecule has 0 atom stereocenters. The maximum Gasteiger partial charge on any atom is 0.144 e. The van der Waals surface area contributed by atoms with Gasteiger partial charge in [-0.2, -0.15) is 0 Å². The zero-order chi connectivity index (χ0) is 21.9. The number of benzene rings is 2. The summed E-state index contributed by atoms with van der Waals surface area (Å²) in [6.45, 7) is 5.69. The summed E-state index contributed by atoms with van der Waals surface area (Å²) in [5, 5.41) is 4.16. The van der Waals surface area contributed by atoms with Crippen molar-refractivity contribution in [1.82, 2.24) is 9.97 Å². The summed E-state index contributed by atoms with van der Waals surface area (Å²) in [4.78, 5) is 8.73. The lowest BCUT2D eigenvalue weighted by molar-refractivity contribution is 0.0114. The molecule has 0 bridgehead atoms. The molecule has 8 nitrogen and oxygen atoms in total. The molecule has 2 aromatic carbocycles. The molecule has 31 heavy (non-hydrogen) atoms. The Labute approximate surface area is 195 Å². The van der Waals surface area contributed by atoms with Gasteiger partial charge in [-0.3, -0.25) is 0 Å². The van der Waals surface area contributed by atoms with E-state index in [1.807, 2.05) is 43.3 Å². The van der Waals surface area contributed by atoms with Crippen molar-refractivity contribution in [3.05, 3.63) is 46.3 Å². The normalized spacial score (nSPS) is 11.0. The first-order valence-corrected chi connectivity index (χ1v) is 11.2. The van der Waals surface area contributed by atoms with Gasteiger partial charge in [0, 0.05) is 27.3 Å². The molecule has 3 aromatic rings. The zero-order valence-corrected chi connectivity index (χ0v) is 19.6. The van der Waals surface area contributed by atoms with E-state index < -0.39 is 0 Å². The number of nitrogens with zero attached hydrogens (tertiary/aromatic N) is 2. The van der Waals surface area contributed by atoms with E-state index in [4.69, 9.17) is 24.7 Å². The van der Waals surface area contributed by atoms with Crippen LogP contribution >= 0.6 is 22.6 Å². The van der Waals surface area contributed by atoms with Gasteiger partial charge >= 0.3 is 0 Å². The minimum Gasteiger partial charge on any atom is -0.489 e. The van der Waals surface area contributed by atoms with Crippen LogP contribution in [0.25, 0.3) is 10.9 Å². The van der Waals surface area contributed by atoms with Crippen LogP contribution < -0.4 is 15.8 Å². The maximum atomic E-state index is 6.21. The molecule has 0 spiro atoms. The molecule has 9 heteroatoms. The highest BCUT2D eigenvalue weighted by Crippen LogP contribution is 2.31. The first-order valence-electron chi connectivity index (χ1n) is 10.1. The van der Waals surface area contributed by atoms with E-state index in [9.17, 15) is 0 Å². The van der Waals surface area contributed by atoms with E-state index in [-0.39, 0.29) is 0 Å². The third-order valence-electron chi connectivity index (χ3n) is 4.29. The summed E-state index contributed by atoms with van der Waals surface area (Å²) in [7, 11) is 0. The van der Waals surface area contributed by atoms with Crippen molar-refractivity contribution >= 4 is 50.7 Å². The summed E-state index contributed by atoms with van der Waals surface area (Å²) >= 11 is 2.27. The number of aromatic nitrogens is 2. The molecular formula is C22H27IN4O4. The summed E-state index contributed by atoms with van der Waals surface area (Å²) in [5.41, 5.74) is 8.43. The Kier molecular flexibility index (Phi) is 9.53. The SMILES string of the molecule is CCOCCOCCOCCOc1cc2ncnc(Nc3cccc(I)c3)c2cc1N. The lowest BCUT2D eigenvalue weighted by Gasteiger charge is -2.13. The average molecular weight is 538 g/mol. The Bertz CT molecular complexity index is 973. The van der Waals surface area contributed by atoms with Crippen molar-refractivity contribution in [3.8, 4) is 5.75 Å². The van der Waals surface area contributed by atoms with E-state index in [0.29, 0.717) is 63.5 Å². The quantitative estimate of drug-likeness (QED) is 0.191. The molecular weight excluding hydrogens is 511 g/mol. The fourth-order valence-corrected chi connectivity index (χ4v) is 3.37. The van der Waals surface area contributed by atoms with Gasteiger partial charge in [-0.15, -0.1) is 0 Å². The molecule has 3 rings (SSSR count). The predicted octanol–water partition coefficient (Wildman–Crippen LogP) is 4.01. The number of nitrogens with two attached hydrogens (primary N) is 1. The van der Waals surface area contributed by atoms with Crippen LogP contribution in [0.5, 0.6) is 5.75 Å². The summed E-state index contributed by atoms with van der Waals surface area (Å²) in [5.74, 6) is 1.26. The van der Waals surface area contributed by atoms with Crippen LogP contribution in [0.4, 0.5) is 17.2 Å². The number of ether oxygens (including phenoxy) is 4. The third-order valence-corrected chi connectivity index (χ3v) is 4.96. The van der Waals surface area contributed by atoms with Crippen molar-refractivity contribution in [3.63, 3.8) is 0 Å². The van der Waals surface area contributed by atoms with Crippen LogP contribution in [0.15, 0.2) is 42.7 Å². The highest BCUT2D eigenvalue weighted by Gasteiger charge is 2.10. The van der Waals surface area contributed by atoms with Crippen molar-refractivity contribution in [2.24, 2.45) is 0 Å². The minimum absolute atomic E-state index is 0.382. The fourth-order valence-electron chi connectivity index (χ4n) is 2.82. The zero-order valence-electron chi connectivity index (χ0n) is 17.5. The third kappa shape index (κ3) is 7.46. The second kappa shape index (κ2) is 12.6. The molecule has 0 fully saturated rings. The fraction of sp³-hybridized carbons (Fsp3) is 0.364. The maximum absolute atomic E-state index is 6.21. The second-order valence-corrected chi connectivity index (χ2v) is 7.78. The predicted molar refractivity (Wildman–Crippen MR) is 130 cm³/mol. The first kappa shape index (κ1) is 23.5. The Morgan fingerprint density at radius 3 is 2.42 bits per heavy atom. The molecule has 0 aliphatic heterocycles. The highest BCUT2D eigenvalue weighted by molar-refractivity contribution is 14.1. The topological polar surface area (TPSA) is 101 Å². The monoisotopic (exact) mass is 538 g/mol. The van der Waals surface area contributed by atoms with E-state index in [1.165, 1.54) is 6.33 Å². The average Bonchev–Trinajstić information content (AvgIpc) is 2.76. The summed E-state index contributed by atoms with van der Waals surface area (Å²) < 4.78 is 23.0. The largest absolute Gasteiger partial charge is 0.489 e. The Balaban J connectivity index is 1.52. The molecule has 1 heterocycles. The molecule has 0 aliphatic carbocycles. The van der Waals surface area contributed by atoms with Crippen molar-refractivity contribution in [2.75, 3.05) is 57.3 Å². The van der Waals surface area contributed by atoms with Crippen molar-refractivity contribution < 1.29 is 18.9 Å². The van der Waals surface area contributed by atoms with Gasteiger partial charge in [0.05, 0.1) is 44.2 Å². The van der Waals surface area contributed by atoms with Crippen LogP contribution in [0.2, 0.25) is 0 Å². The minimum atomic E-state index is 0.382. The van der Waals surface area contributed by atoms with Gasteiger partial charge in [0.15, 0.2) is 0 Å². The highest BCUT2D eigenvalue weighted by atomic mass is 127. The summed E-state index contributed by atoms with van der Waals surface area (Å²) in [6.07, 6.45) is 1.52. The van der Waals surface area contributed by atoms with Gasteiger partial charge < -0.3 is 30.0 Å². The van der Waals surface area contributed by atoms with Crippen LogP contribution in [0.1, 0.15) is 6.92 Å². The first-order chi connectivity index (χ1) is 15.2. The van der Waals surface area contributed by atoms with Gasteiger partial charge in [0.1, 0.15) is 24.5 Å². The van der Waals surface area contributed by atoms with Gasteiger partial charge in [0.2, 0.25) is 0 Å².